The highest BCUT2D eigenvalue weighted by molar-refractivity contribution is 6.33. The van der Waals surface area contributed by atoms with Gasteiger partial charge >= 0.3 is 0 Å². The normalized spacial score (nSPS) is 14.5. The van der Waals surface area contributed by atoms with Crippen molar-refractivity contribution in [2.24, 2.45) is 0 Å². The van der Waals surface area contributed by atoms with Gasteiger partial charge in [0.25, 0.3) is 11.2 Å². The van der Waals surface area contributed by atoms with E-state index in [2.05, 4.69) is 22.1 Å². The number of nitro benzene ring substituents is 1. The lowest BCUT2D eigenvalue weighted by molar-refractivity contribution is -0.384. The number of nitro groups is 1. The third kappa shape index (κ3) is 4.25. The number of aromatic nitrogens is 2. The summed E-state index contributed by atoms with van der Waals surface area (Å²) in [7, 11) is 1.66. The number of methoxy groups -OCH3 is 1. The molecule has 31 heavy (non-hydrogen) atoms. The molecule has 1 fully saturated rings. The number of halogens is 1. The van der Waals surface area contributed by atoms with Crippen LogP contribution in [-0.2, 0) is 0 Å². The Hall–Kier alpha value is -3.39. The summed E-state index contributed by atoms with van der Waals surface area (Å²) < 4.78 is 6.48. The molecule has 1 aliphatic rings. The molecule has 0 amide bonds. The molecule has 4 rings (SSSR count). The Morgan fingerprint density at radius 1 is 1.16 bits per heavy atom. The topological polar surface area (TPSA) is 90.5 Å². The van der Waals surface area contributed by atoms with Crippen LogP contribution in [-0.4, -0.2) is 34.9 Å². The van der Waals surface area contributed by atoms with E-state index >= 15 is 0 Å². The fraction of sp³-hybridized carbons (Fsp3) is 0.273. The number of non-ortho nitro benzene ring substituents is 1. The van der Waals surface area contributed by atoms with E-state index in [1.54, 1.807) is 13.3 Å². The van der Waals surface area contributed by atoms with E-state index in [-0.39, 0.29) is 10.7 Å². The number of piperidine rings is 1. The predicted octanol–water partition coefficient (Wildman–Crippen LogP) is 4.19. The fourth-order valence-electron chi connectivity index (χ4n) is 3.89. The molecule has 2 heterocycles. The van der Waals surface area contributed by atoms with Crippen LogP contribution in [0.4, 0.5) is 11.4 Å². The average Bonchev–Trinajstić information content (AvgIpc) is 2.81. The van der Waals surface area contributed by atoms with E-state index in [1.165, 1.54) is 29.8 Å². The van der Waals surface area contributed by atoms with E-state index in [9.17, 15) is 14.9 Å². The van der Waals surface area contributed by atoms with Gasteiger partial charge in [-0.1, -0.05) is 23.7 Å². The monoisotopic (exact) mass is 440 g/mol. The number of rotatable bonds is 5. The lowest BCUT2D eigenvalue weighted by Gasteiger charge is -2.34. The summed E-state index contributed by atoms with van der Waals surface area (Å²) >= 11 is 6.42. The second-order valence-electron chi connectivity index (χ2n) is 7.37. The maximum absolute atomic E-state index is 12.8. The first kappa shape index (κ1) is 20.9. The molecule has 1 saturated heterocycles. The summed E-state index contributed by atoms with van der Waals surface area (Å²) in [5.74, 6) is 1.26. The average molecular weight is 441 g/mol. The van der Waals surface area contributed by atoms with Gasteiger partial charge in [0.2, 0.25) is 0 Å². The molecule has 1 aromatic heterocycles. The number of anilines is 1. The minimum absolute atomic E-state index is 0.0570. The number of benzene rings is 2. The third-order valence-corrected chi connectivity index (χ3v) is 5.96. The van der Waals surface area contributed by atoms with E-state index in [0.29, 0.717) is 17.3 Å². The molecular formula is C22H21ClN4O4. The van der Waals surface area contributed by atoms with Crippen molar-refractivity contribution < 1.29 is 9.66 Å². The summed E-state index contributed by atoms with van der Waals surface area (Å²) in [5.41, 5.74) is 1.76. The lowest BCUT2D eigenvalue weighted by atomic mass is 9.89. The summed E-state index contributed by atoms with van der Waals surface area (Å²) in [5, 5.41) is 15.2. The Morgan fingerprint density at radius 3 is 2.52 bits per heavy atom. The molecule has 160 valence electrons. The molecule has 0 N–H and O–H groups in total. The molecule has 9 heteroatoms. The van der Waals surface area contributed by atoms with Crippen LogP contribution in [0.2, 0.25) is 5.02 Å². The molecule has 3 aromatic rings. The van der Waals surface area contributed by atoms with Crippen LogP contribution in [0.5, 0.6) is 5.75 Å². The first-order chi connectivity index (χ1) is 15.0. The van der Waals surface area contributed by atoms with Crippen LogP contribution < -0.4 is 15.2 Å². The highest BCUT2D eigenvalue weighted by Crippen LogP contribution is 2.33. The molecule has 1 aliphatic heterocycles. The molecule has 0 spiro atoms. The number of ether oxygens (including phenoxy) is 1. The third-order valence-electron chi connectivity index (χ3n) is 5.61. The zero-order chi connectivity index (χ0) is 22.0. The first-order valence-electron chi connectivity index (χ1n) is 9.89. The van der Waals surface area contributed by atoms with Crippen LogP contribution in [0.1, 0.15) is 24.3 Å². The standard InChI is InChI=1S/C22H21ClN4O4/c1-31-19-4-2-3-16(13-19)15-9-11-25(12-10-15)20-14-24-26(22(28)21(20)23)17-5-7-18(8-6-17)27(29)30/h2-8,13-15H,9-12H2,1H3. The van der Waals surface area contributed by atoms with Gasteiger partial charge in [-0.3, -0.25) is 14.9 Å². The van der Waals surface area contributed by atoms with Crippen molar-refractivity contribution in [2.45, 2.75) is 18.8 Å². The maximum Gasteiger partial charge on any atom is 0.292 e. The zero-order valence-electron chi connectivity index (χ0n) is 16.9. The largest absolute Gasteiger partial charge is 0.497 e. The van der Waals surface area contributed by atoms with E-state index in [1.807, 2.05) is 12.1 Å². The van der Waals surface area contributed by atoms with Gasteiger partial charge < -0.3 is 9.64 Å². The summed E-state index contributed by atoms with van der Waals surface area (Å²) in [4.78, 5) is 25.2. The quantitative estimate of drug-likeness (QED) is 0.436. The second kappa shape index (κ2) is 8.77. The van der Waals surface area contributed by atoms with Gasteiger partial charge in [-0.25, -0.2) is 0 Å². The van der Waals surface area contributed by atoms with Gasteiger partial charge in [-0.15, -0.1) is 0 Å². The van der Waals surface area contributed by atoms with E-state index < -0.39 is 10.5 Å². The smallest absolute Gasteiger partial charge is 0.292 e. The van der Waals surface area contributed by atoms with Gasteiger partial charge in [0.1, 0.15) is 10.8 Å². The van der Waals surface area contributed by atoms with Crippen LogP contribution in [0.25, 0.3) is 5.69 Å². The molecule has 0 radical (unpaired) electrons. The predicted molar refractivity (Wildman–Crippen MR) is 119 cm³/mol. The van der Waals surface area contributed by atoms with Gasteiger partial charge in [0.15, 0.2) is 0 Å². The molecule has 8 nitrogen and oxygen atoms in total. The minimum Gasteiger partial charge on any atom is -0.497 e. The van der Waals surface area contributed by atoms with Gasteiger partial charge in [0.05, 0.1) is 29.6 Å². The van der Waals surface area contributed by atoms with Crippen molar-refractivity contribution in [1.29, 1.82) is 0 Å². The van der Waals surface area contributed by atoms with Crippen molar-refractivity contribution in [1.82, 2.24) is 9.78 Å². The molecule has 0 unspecified atom stereocenters. The highest BCUT2D eigenvalue weighted by Gasteiger charge is 2.24. The number of hydrogen-bond donors (Lipinski definition) is 0. The summed E-state index contributed by atoms with van der Waals surface area (Å²) in [6, 6.07) is 13.7. The Balaban J connectivity index is 1.51. The fourth-order valence-corrected chi connectivity index (χ4v) is 4.14. The van der Waals surface area contributed by atoms with Crippen LogP contribution in [0.15, 0.2) is 59.5 Å². The highest BCUT2D eigenvalue weighted by atomic mass is 35.5. The molecule has 0 saturated carbocycles. The van der Waals surface area contributed by atoms with Crippen LogP contribution >= 0.6 is 11.6 Å². The van der Waals surface area contributed by atoms with Crippen molar-refractivity contribution in [3.05, 3.63) is 85.8 Å². The molecule has 0 aliphatic carbocycles. The SMILES string of the molecule is COc1cccc(C2CCN(c3cnn(-c4ccc([N+](=O)[O-])cc4)c(=O)c3Cl)CC2)c1. The Morgan fingerprint density at radius 2 is 1.87 bits per heavy atom. The van der Waals surface area contributed by atoms with Crippen molar-refractivity contribution >= 4 is 23.0 Å². The molecule has 2 aromatic carbocycles. The summed E-state index contributed by atoms with van der Waals surface area (Å²) in [6.07, 6.45) is 3.43. The molecule has 0 atom stereocenters. The van der Waals surface area contributed by atoms with E-state index in [4.69, 9.17) is 16.3 Å². The zero-order valence-corrected chi connectivity index (χ0v) is 17.7. The van der Waals surface area contributed by atoms with Gasteiger partial charge in [-0.05, 0) is 48.6 Å². The van der Waals surface area contributed by atoms with Crippen molar-refractivity contribution in [3.63, 3.8) is 0 Å². The van der Waals surface area contributed by atoms with E-state index in [0.717, 1.165) is 36.4 Å². The molecular weight excluding hydrogens is 420 g/mol. The summed E-state index contributed by atoms with van der Waals surface area (Å²) in [6.45, 7) is 1.51. The lowest BCUT2D eigenvalue weighted by Crippen LogP contribution is -2.35. The molecule has 0 bridgehead atoms. The first-order valence-corrected chi connectivity index (χ1v) is 10.3. The second-order valence-corrected chi connectivity index (χ2v) is 7.75. The van der Waals surface area contributed by atoms with Crippen LogP contribution in [0, 0.1) is 10.1 Å². The number of hydrogen-bond acceptors (Lipinski definition) is 6. The Bertz CT molecular complexity index is 1150. The van der Waals surface area contributed by atoms with Gasteiger partial charge in [-0.2, -0.15) is 9.78 Å². The Labute approximate surface area is 183 Å². The van der Waals surface area contributed by atoms with Crippen molar-refractivity contribution in [2.75, 3.05) is 25.1 Å². The minimum atomic E-state index is -0.495. The Kier molecular flexibility index (Phi) is 5.90. The van der Waals surface area contributed by atoms with Gasteiger partial charge in [0, 0.05) is 25.2 Å². The van der Waals surface area contributed by atoms with Crippen LogP contribution in [0.3, 0.4) is 0 Å². The van der Waals surface area contributed by atoms with Crippen molar-refractivity contribution in [3.8, 4) is 11.4 Å². The maximum atomic E-state index is 12.8. The number of nitrogens with zero attached hydrogens (tertiary/aromatic N) is 4.